The Balaban J connectivity index is 0.000000177. The van der Waals surface area contributed by atoms with Gasteiger partial charge in [-0.25, -0.2) is 27.3 Å². The summed E-state index contributed by atoms with van der Waals surface area (Å²) in [7, 11) is 1.71. The van der Waals surface area contributed by atoms with Crippen LogP contribution >= 0.6 is 0 Å². The number of carboxylic acids is 1. The van der Waals surface area contributed by atoms with Crippen LogP contribution in [0.3, 0.4) is 0 Å². The summed E-state index contributed by atoms with van der Waals surface area (Å²) in [6.07, 6.45) is 3.90. The number of ether oxygens (including phenoxy) is 1. The van der Waals surface area contributed by atoms with Gasteiger partial charge in [0, 0.05) is 42.0 Å². The van der Waals surface area contributed by atoms with Gasteiger partial charge in [0.2, 0.25) is 5.92 Å². The Hall–Kier alpha value is -3.34. The number of carbonyl (C=O) groups is 1. The minimum absolute atomic E-state index is 0.0871. The smallest absolute Gasteiger partial charge is 0.354 e. The molecule has 210 valence electrons. The predicted octanol–water partition coefficient (Wildman–Crippen LogP) is 5.73. The zero-order valence-corrected chi connectivity index (χ0v) is 21.9. The first-order chi connectivity index (χ1) is 18.4. The van der Waals surface area contributed by atoms with Gasteiger partial charge in [-0.2, -0.15) is 0 Å². The number of halogens is 4. The third-order valence-corrected chi connectivity index (χ3v) is 8.02. The van der Waals surface area contributed by atoms with Gasteiger partial charge in [0.05, 0.1) is 20.2 Å². The number of aromatic amines is 1. The number of hydrogen-bond acceptors (Lipinski definition) is 5. The average Bonchev–Trinajstić information content (AvgIpc) is 3.35. The molecular weight excluding hydrogens is 516 g/mol. The van der Waals surface area contributed by atoms with Gasteiger partial charge in [-0.15, -0.1) is 0 Å². The fraction of sp³-hybridized carbons (Fsp3) is 0.500. The zero-order valence-electron chi connectivity index (χ0n) is 21.9. The molecule has 11 heteroatoms. The number of likely N-dealkylation sites (tertiary alicyclic amines) is 1. The first kappa shape index (κ1) is 27.2. The van der Waals surface area contributed by atoms with Crippen molar-refractivity contribution < 1.29 is 32.2 Å². The van der Waals surface area contributed by atoms with Crippen LogP contribution in [0.2, 0.25) is 0 Å². The van der Waals surface area contributed by atoms with Crippen molar-refractivity contribution in [1.29, 1.82) is 0 Å². The molecule has 0 unspecified atom stereocenters. The lowest BCUT2D eigenvalue weighted by Gasteiger charge is -2.51. The third kappa shape index (κ3) is 5.68. The molecule has 4 heterocycles. The van der Waals surface area contributed by atoms with E-state index in [1.54, 1.807) is 7.11 Å². The molecular formula is C28H32F4N4O3. The highest BCUT2D eigenvalue weighted by Gasteiger charge is 2.56. The number of aromatic carboxylic acids is 1. The monoisotopic (exact) mass is 548 g/mol. The average molecular weight is 549 g/mol. The maximum absolute atomic E-state index is 13.3. The lowest BCUT2D eigenvalue weighted by atomic mass is 9.61. The number of alkyl halides is 4. The Morgan fingerprint density at radius 1 is 1.10 bits per heavy atom. The van der Waals surface area contributed by atoms with Crippen molar-refractivity contribution in [3.63, 3.8) is 0 Å². The molecule has 2 saturated heterocycles. The Morgan fingerprint density at radius 3 is 2.38 bits per heavy atom. The molecule has 39 heavy (non-hydrogen) atoms. The first-order valence-corrected chi connectivity index (χ1v) is 13.0. The molecule has 0 atom stereocenters. The molecule has 1 spiro atoms. The molecule has 3 aromatic rings. The largest absolute Gasteiger partial charge is 0.496 e. The highest BCUT2D eigenvalue weighted by atomic mass is 19.3. The summed E-state index contributed by atoms with van der Waals surface area (Å²) in [6, 6.07) is 8.50. The number of methoxy groups -OCH3 is 1. The number of carboxylic acid groups (broad SMARTS) is 1. The van der Waals surface area contributed by atoms with E-state index in [-0.39, 0.29) is 29.8 Å². The second-order valence-electron chi connectivity index (χ2n) is 11.0. The second kappa shape index (κ2) is 10.0. The van der Waals surface area contributed by atoms with Crippen molar-refractivity contribution in [2.24, 2.45) is 5.41 Å². The number of aromatic nitrogens is 2. The summed E-state index contributed by atoms with van der Waals surface area (Å²) in [5.41, 5.74) is 3.28. The molecule has 0 amide bonds. The number of pyridine rings is 1. The van der Waals surface area contributed by atoms with Gasteiger partial charge in [-0.3, -0.25) is 4.90 Å². The number of piperidine rings is 1. The van der Waals surface area contributed by atoms with Crippen LogP contribution in [-0.4, -0.2) is 71.1 Å². The van der Waals surface area contributed by atoms with Crippen LogP contribution in [-0.2, 0) is 6.54 Å². The van der Waals surface area contributed by atoms with Gasteiger partial charge < -0.3 is 19.7 Å². The molecule has 2 aromatic heterocycles. The van der Waals surface area contributed by atoms with Crippen molar-refractivity contribution in [2.45, 2.75) is 51.0 Å². The molecule has 1 aliphatic carbocycles. The molecule has 3 aliphatic rings. The number of H-pyrrole nitrogens is 1. The summed E-state index contributed by atoms with van der Waals surface area (Å²) in [6.45, 7) is 3.86. The van der Waals surface area contributed by atoms with Gasteiger partial charge in [0.1, 0.15) is 11.6 Å². The Labute approximate surface area is 223 Å². The maximum Gasteiger partial charge on any atom is 0.354 e. The molecule has 1 saturated carbocycles. The summed E-state index contributed by atoms with van der Waals surface area (Å²) in [5, 5.41) is 9.85. The summed E-state index contributed by atoms with van der Waals surface area (Å²) in [5.74, 6) is -5.07. The first-order valence-electron chi connectivity index (χ1n) is 13.0. The van der Waals surface area contributed by atoms with Crippen LogP contribution in [0.25, 0.3) is 10.9 Å². The molecule has 3 fully saturated rings. The van der Waals surface area contributed by atoms with Crippen molar-refractivity contribution in [2.75, 3.05) is 38.2 Å². The number of anilines is 1. The molecule has 2 N–H and O–H groups in total. The fourth-order valence-electron chi connectivity index (χ4n) is 5.98. The Kier molecular flexibility index (Phi) is 6.98. The zero-order chi connectivity index (χ0) is 28.0. The maximum atomic E-state index is 13.3. The fourth-order valence-corrected chi connectivity index (χ4v) is 5.98. The van der Waals surface area contributed by atoms with E-state index >= 15 is 0 Å². The minimum atomic E-state index is -2.68. The number of hydrogen-bond donors (Lipinski definition) is 2. The van der Waals surface area contributed by atoms with E-state index in [2.05, 4.69) is 33.9 Å². The number of aryl methyl sites for hydroxylation is 1. The van der Waals surface area contributed by atoms with Gasteiger partial charge in [0.25, 0.3) is 5.92 Å². The van der Waals surface area contributed by atoms with Crippen LogP contribution in [0.1, 0.15) is 47.3 Å². The van der Waals surface area contributed by atoms with E-state index < -0.39 is 30.9 Å². The Bertz CT molecular complexity index is 1350. The number of benzene rings is 1. The van der Waals surface area contributed by atoms with E-state index in [0.717, 1.165) is 43.7 Å². The summed E-state index contributed by atoms with van der Waals surface area (Å²) < 4.78 is 57.2. The molecule has 6 rings (SSSR count). The van der Waals surface area contributed by atoms with Crippen LogP contribution < -0.4 is 9.64 Å². The van der Waals surface area contributed by atoms with Gasteiger partial charge >= 0.3 is 5.97 Å². The van der Waals surface area contributed by atoms with Gasteiger partial charge in [-0.05, 0) is 68.1 Å². The van der Waals surface area contributed by atoms with Gasteiger partial charge in [0.15, 0.2) is 5.69 Å². The predicted molar refractivity (Wildman–Crippen MR) is 139 cm³/mol. The second-order valence-corrected chi connectivity index (χ2v) is 11.0. The van der Waals surface area contributed by atoms with Crippen LogP contribution in [0, 0.1) is 12.3 Å². The van der Waals surface area contributed by atoms with Gasteiger partial charge in [-0.1, -0.05) is 6.07 Å². The van der Waals surface area contributed by atoms with Crippen LogP contribution in [0.4, 0.5) is 23.4 Å². The number of nitrogens with zero attached hydrogens (tertiary/aromatic N) is 3. The molecule has 1 aromatic carbocycles. The molecule has 0 bridgehead atoms. The lowest BCUT2D eigenvalue weighted by molar-refractivity contribution is -0.178. The van der Waals surface area contributed by atoms with Crippen molar-refractivity contribution >= 4 is 22.7 Å². The topological polar surface area (TPSA) is 81.7 Å². The van der Waals surface area contributed by atoms with Crippen molar-refractivity contribution in [3.8, 4) is 5.75 Å². The van der Waals surface area contributed by atoms with Crippen molar-refractivity contribution in [3.05, 3.63) is 53.3 Å². The highest BCUT2D eigenvalue weighted by Crippen LogP contribution is 2.57. The SMILES string of the molecule is COc1cc(C)c2[nH]ccc2c1CN1CCC2(CC1)CC(F)(F)C2.O=C(O)c1cccc(N2CC(F)(F)C2)n1. The normalized spacial score (nSPS) is 21.0. The number of rotatable bonds is 5. The van der Waals surface area contributed by atoms with Crippen LogP contribution in [0.15, 0.2) is 36.5 Å². The molecule has 2 aliphatic heterocycles. The third-order valence-electron chi connectivity index (χ3n) is 8.02. The van der Waals surface area contributed by atoms with E-state index in [0.29, 0.717) is 0 Å². The van der Waals surface area contributed by atoms with Crippen LogP contribution in [0.5, 0.6) is 5.75 Å². The molecule has 0 radical (unpaired) electrons. The molecule has 7 nitrogen and oxygen atoms in total. The van der Waals surface area contributed by atoms with E-state index in [4.69, 9.17) is 9.84 Å². The quantitative estimate of drug-likeness (QED) is 0.397. The highest BCUT2D eigenvalue weighted by molar-refractivity contribution is 5.88. The number of nitrogens with one attached hydrogen (secondary N) is 1. The number of fused-ring (bicyclic) bond motifs is 1. The standard InChI is InChI=1S/C19H24F2N2O.C9H8F2N2O2/c1-13-9-16(24-2)15(14-3-6-22-17(13)14)10-23-7-4-18(5-8-23)11-19(20,21)12-18;10-9(11)4-13(5-9)7-3-1-2-6(12-7)8(14)15/h3,6,9,22H,4-5,7-8,10-12H2,1-2H3;1-3H,4-5H2,(H,14,15). The summed E-state index contributed by atoms with van der Waals surface area (Å²) >= 11 is 0. The lowest BCUT2D eigenvalue weighted by Crippen LogP contribution is -2.56. The summed E-state index contributed by atoms with van der Waals surface area (Å²) in [4.78, 5) is 21.3. The van der Waals surface area contributed by atoms with Crippen molar-refractivity contribution in [1.82, 2.24) is 14.9 Å². The van der Waals surface area contributed by atoms with E-state index in [1.165, 1.54) is 39.6 Å². The van der Waals surface area contributed by atoms with E-state index in [9.17, 15) is 22.4 Å². The minimum Gasteiger partial charge on any atom is -0.496 e. The van der Waals surface area contributed by atoms with E-state index in [1.807, 2.05) is 6.20 Å². The Morgan fingerprint density at radius 2 is 1.79 bits per heavy atom.